The van der Waals surface area contributed by atoms with Gasteiger partial charge in [0.1, 0.15) is 0 Å². The van der Waals surface area contributed by atoms with Gasteiger partial charge in [-0.05, 0) is 110 Å². The summed E-state index contributed by atoms with van der Waals surface area (Å²) < 4.78 is 4.26. The Bertz CT molecular complexity index is 2500. The van der Waals surface area contributed by atoms with E-state index in [2.05, 4.69) is 112 Å². The van der Waals surface area contributed by atoms with Crippen molar-refractivity contribution >= 4 is 0 Å². The van der Waals surface area contributed by atoms with Crippen LogP contribution in [0.25, 0.3) is 56.9 Å². The molecule has 0 saturated heterocycles. The van der Waals surface area contributed by atoms with E-state index in [0.29, 0.717) is 6.42 Å². The number of nitrogens with zero attached hydrogens (tertiary/aromatic N) is 8. The van der Waals surface area contributed by atoms with Gasteiger partial charge in [-0.2, -0.15) is 5.10 Å². The Hall–Kier alpha value is -5.32. The van der Waals surface area contributed by atoms with Gasteiger partial charge >= 0.3 is 0 Å². The average molecular weight is 1200 g/mol. The van der Waals surface area contributed by atoms with E-state index in [1.807, 2.05) is 94.4 Å². The summed E-state index contributed by atoms with van der Waals surface area (Å²) in [5, 5.41) is 35.4. The minimum atomic E-state index is -0.375. The summed E-state index contributed by atoms with van der Waals surface area (Å²) >= 11 is 0. The molecule has 2 unspecified atom stereocenters. The van der Waals surface area contributed by atoms with Gasteiger partial charge in [0.05, 0.1) is 40.8 Å². The Labute approximate surface area is 398 Å². The monoisotopic (exact) mass is 1200 g/mol. The number of benzene rings is 4. The molecule has 8 rings (SSSR count). The van der Waals surface area contributed by atoms with Crippen LogP contribution in [0.1, 0.15) is 65.3 Å². The first-order chi connectivity index (χ1) is 29.2. The van der Waals surface area contributed by atoms with Crippen LogP contribution in [0.5, 0.6) is 0 Å². The van der Waals surface area contributed by atoms with Crippen molar-refractivity contribution in [3.63, 3.8) is 0 Å². The van der Waals surface area contributed by atoms with Gasteiger partial charge in [0.25, 0.3) is 0 Å². The van der Waals surface area contributed by atoms with Crippen molar-refractivity contribution in [2.75, 3.05) is 0 Å². The summed E-state index contributed by atoms with van der Waals surface area (Å²) in [7, 11) is 0. The van der Waals surface area contributed by atoms with Crippen molar-refractivity contribution in [1.82, 2.24) is 39.5 Å². The molecule has 63 heavy (non-hydrogen) atoms. The Balaban J connectivity index is 0.000000234. The van der Waals surface area contributed by atoms with E-state index in [1.54, 1.807) is 13.8 Å². The first kappa shape index (κ1) is 50.3. The van der Waals surface area contributed by atoms with Crippen LogP contribution in [0.3, 0.4) is 0 Å². The molecule has 0 saturated carbocycles. The van der Waals surface area contributed by atoms with Crippen LogP contribution >= 0.6 is 0 Å². The van der Waals surface area contributed by atoms with E-state index in [4.69, 9.17) is 20.2 Å². The molecule has 0 amide bonds. The Kier molecular flexibility index (Phi) is 18.3. The molecular weight excluding hydrogens is 1140 g/mol. The van der Waals surface area contributed by atoms with Gasteiger partial charge in [0.15, 0.2) is 17.5 Å². The predicted molar refractivity (Wildman–Crippen MR) is 245 cm³/mol. The normalized spacial score (nSPS) is 11.5. The molecule has 330 valence electrons. The number of aliphatic hydroxyl groups is 2. The molecule has 2 atom stereocenters. The zero-order valence-corrected chi connectivity index (χ0v) is 42.3. The minimum Gasteiger partial charge on any atom is -0.393 e. The number of hydrogen-bond donors (Lipinski definition) is 2. The zero-order valence-electron chi connectivity index (χ0n) is 37.5. The average Bonchev–Trinajstić information content (AvgIpc) is 3.84. The second kappa shape index (κ2) is 22.9. The van der Waals surface area contributed by atoms with E-state index in [0.717, 1.165) is 96.4 Å². The molecule has 12 heteroatoms. The van der Waals surface area contributed by atoms with Crippen LogP contribution in [-0.4, -0.2) is 61.9 Å². The third-order valence-corrected chi connectivity index (χ3v) is 10.2. The van der Waals surface area contributed by atoms with Gasteiger partial charge in [-0.25, -0.2) is 0 Å². The van der Waals surface area contributed by atoms with Crippen molar-refractivity contribution in [3.8, 4) is 56.9 Å². The number of pyridine rings is 2. The third kappa shape index (κ3) is 12.0. The SMILES string of the molecule is CC(O)CC(C)O.Cc1cc(C)c(-n2c(-c3[c-]cccc3)nnc2-c2ccccc2C)c(C)n1.Cc1cc(C)c(-n2c(-c3ccccc3)nnc2-c2ccccc2C)c(C)n1.[Ir].[Ir]. The summed E-state index contributed by atoms with van der Waals surface area (Å²) in [5.41, 5.74) is 14.7. The molecule has 2 N–H and O–H groups in total. The third-order valence-electron chi connectivity index (χ3n) is 10.2. The molecule has 0 bridgehead atoms. The maximum absolute atomic E-state index is 8.56. The quantitative estimate of drug-likeness (QED) is 0.144. The second-order valence-corrected chi connectivity index (χ2v) is 15.6. The standard InChI is InChI=1S/C23H22N4.C23H21N4.C5H12O2.2Ir/c2*1-15-10-8-9-13-20(15)23-26-25-22(19-11-6-5-7-12-19)27(23)21-16(2)14-17(3)24-18(21)4;1-4(6)3-5(2)7;;/h5-14H,1-4H3;5-11,13-14H,1-4H3;4-7H,3H2,1-2H3;;/q;-1;;;. The van der Waals surface area contributed by atoms with Crippen molar-refractivity contribution < 1.29 is 50.4 Å². The van der Waals surface area contributed by atoms with Crippen molar-refractivity contribution in [1.29, 1.82) is 0 Å². The van der Waals surface area contributed by atoms with E-state index in [9.17, 15) is 0 Å². The fourth-order valence-corrected chi connectivity index (χ4v) is 7.67. The Morgan fingerprint density at radius 3 is 1.32 bits per heavy atom. The van der Waals surface area contributed by atoms with Gasteiger partial charge in [-0.15, -0.1) is 51.2 Å². The van der Waals surface area contributed by atoms with Crippen LogP contribution in [0.2, 0.25) is 0 Å². The fraction of sp³-hybridized carbons (Fsp3) is 0.255. The maximum atomic E-state index is 8.56. The predicted octanol–water partition coefficient (Wildman–Crippen LogP) is 10.4. The van der Waals surface area contributed by atoms with E-state index < -0.39 is 0 Å². The number of aliphatic hydroxyl groups excluding tert-OH is 2. The molecule has 0 fully saturated rings. The first-order valence-corrected chi connectivity index (χ1v) is 20.6. The van der Waals surface area contributed by atoms with Crippen LogP contribution in [0.15, 0.2) is 115 Å². The molecule has 0 aliphatic rings. The number of aromatic nitrogens is 8. The Morgan fingerprint density at radius 2 is 0.905 bits per heavy atom. The summed E-state index contributed by atoms with van der Waals surface area (Å²) in [4.78, 5) is 9.40. The largest absolute Gasteiger partial charge is 0.393 e. The van der Waals surface area contributed by atoms with Crippen LogP contribution in [0, 0.1) is 61.5 Å². The number of rotatable bonds is 8. The minimum absolute atomic E-state index is 0. The topological polar surface area (TPSA) is 128 Å². The van der Waals surface area contributed by atoms with Gasteiger partial charge < -0.3 is 14.8 Å². The van der Waals surface area contributed by atoms with E-state index in [1.165, 1.54) is 5.56 Å². The molecule has 0 aliphatic heterocycles. The second-order valence-electron chi connectivity index (χ2n) is 15.6. The zero-order chi connectivity index (χ0) is 43.8. The maximum Gasteiger partial charge on any atom is 0.169 e. The summed E-state index contributed by atoms with van der Waals surface area (Å²) in [5.74, 6) is 3.25. The van der Waals surface area contributed by atoms with Crippen molar-refractivity contribution in [3.05, 3.63) is 166 Å². The van der Waals surface area contributed by atoms with E-state index >= 15 is 0 Å². The molecule has 0 spiro atoms. The van der Waals surface area contributed by atoms with Gasteiger partial charge in [0, 0.05) is 68.3 Å². The summed E-state index contributed by atoms with van der Waals surface area (Å²) in [6.07, 6.45) is -0.278. The Morgan fingerprint density at radius 1 is 0.492 bits per heavy atom. The van der Waals surface area contributed by atoms with Gasteiger partial charge in [0.2, 0.25) is 0 Å². The van der Waals surface area contributed by atoms with Crippen molar-refractivity contribution in [2.24, 2.45) is 0 Å². The van der Waals surface area contributed by atoms with E-state index in [-0.39, 0.29) is 52.4 Å². The van der Waals surface area contributed by atoms with Gasteiger partial charge in [-0.3, -0.25) is 14.5 Å². The summed E-state index contributed by atoms with van der Waals surface area (Å²) in [6, 6.07) is 42.0. The molecule has 4 aromatic heterocycles. The number of aryl methyl sites for hydroxylation is 8. The van der Waals surface area contributed by atoms with Gasteiger partial charge in [-0.1, -0.05) is 78.9 Å². The molecular formula is C51H55Ir2N8O2-. The van der Waals surface area contributed by atoms with Crippen molar-refractivity contribution in [2.45, 2.75) is 87.9 Å². The molecule has 10 nitrogen and oxygen atoms in total. The smallest absolute Gasteiger partial charge is 0.169 e. The molecule has 4 aromatic carbocycles. The van der Waals surface area contributed by atoms with Crippen LogP contribution in [-0.2, 0) is 40.2 Å². The molecule has 8 aromatic rings. The number of hydrogen-bond acceptors (Lipinski definition) is 8. The van der Waals surface area contributed by atoms with Crippen LogP contribution < -0.4 is 0 Å². The first-order valence-electron chi connectivity index (χ1n) is 20.6. The van der Waals surface area contributed by atoms with Crippen LogP contribution in [0.4, 0.5) is 0 Å². The molecule has 2 radical (unpaired) electrons. The fourth-order valence-electron chi connectivity index (χ4n) is 7.67. The summed E-state index contributed by atoms with van der Waals surface area (Å²) in [6.45, 7) is 19.9. The molecule has 0 aliphatic carbocycles. The molecule has 4 heterocycles.